The Labute approximate surface area is 172 Å². The number of halogens is 2. The summed E-state index contributed by atoms with van der Waals surface area (Å²) in [7, 11) is 0. The average Bonchev–Trinajstić information content (AvgIpc) is 3.05. The van der Waals surface area contributed by atoms with Crippen LogP contribution >= 0.6 is 0 Å². The lowest BCUT2D eigenvalue weighted by atomic mass is 9.97. The molecule has 2 aliphatic rings. The van der Waals surface area contributed by atoms with Gasteiger partial charge in [0.15, 0.2) is 5.78 Å². The van der Waals surface area contributed by atoms with E-state index in [2.05, 4.69) is 0 Å². The van der Waals surface area contributed by atoms with E-state index >= 15 is 0 Å². The second-order valence-corrected chi connectivity index (χ2v) is 7.88. The number of carbonyl (C=O) groups excluding carboxylic acids is 3. The molecule has 4 rings (SSSR count). The Morgan fingerprint density at radius 3 is 2.57 bits per heavy atom. The van der Waals surface area contributed by atoms with E-state index in [4.69, 9.17) is 4.74 Å². The summed E-state index contributed by atoms with van der Waals surface area (Å²) in [4.78, 5) is 39.3. The van der Waals surface area contributed by atoms with Gasteiger partial charge < -0.3 is 9.64 Å². The molecule has 1 fully saturated rings. The molecule has 2 aromatic rings. The fourth-order valence-electron chi connectivity index (χ4n) is 4.23. The first-order valence-electron chi connectivity index (χ1n) is 9.97. The second-order valence-electron chi connectivity index (χ2n) is 7.88. The maximum absolute atomic E-state index is 14.2. The largest absolute Gasteiger partial charge is 0.425 e. The van der Waals surface area contributed by atoms with Crippen LogP contribution in [0.3, 0.4) is 0 Å². The van der Waals surface area contributed by atoms with Gasteiger partial charge in [-0.25, -0.2) is 8.78 Å². The number of piperidine rings is 1. The number of hydrogen-bond acceptors (Lipinski definition) is 4. The molecule has 0 bridgehead atoms. The third-order valence-electron chi connectivity index (χ3n) is 5.76. The van der Waals surface area contributed by atoms with E-state index in [-0.39, 0.29) is 41.9 Å². The van der Waals surface area contributed by atoms with Gasteiger partial charge in [0.25, 0.3) is 5.91 Å². The van der Waals surface area contributed by atoms with Gasteiger partial charge in [-0.05, 0) is 55.2 Å². The minimum absolute atomic E-state index is 0.0766. The van der Waals surface area contributed by atoms with Gasteiger partial charge in [-0.15, -0.1) is 0 Å². The molecule has 0 N–H and O–H groups in total. The third kappa shape index (κ3) is 3.72. The van der Waals surface area contributed by atoms with Crippen molar-refractivity contribution in [3.63, 3.8) is 0 Å². The standard InChI is InChI=1S/C23H21F2NO4/c1-13-11-18(27)21-19(9-8-17(25)20(13)21)30-23(29)15-3-2-10-26(12-15)22(28)14-4-6-16(24)7-5-14/h4-9,13,15H,2-3,10-12H2,1H3. The van der Waals surface area contributed by atoms with E-state index < -0.39 is 23.5 Å². The van der Waals surface area contributed by atoms with Gasteiger partial charge in [-0.1, -0.05) is 6.92 Å². The molecule has 1 saturated heterocycles. The average molecular weight is 413 g/mol. The Morgan fingerprint density at radius 1 is 1.10 bits per heavy atom. The van der Waals surface area contributed by atoms with Crippen LogP contribution in [-0.4, -0.2) is 35.6 Å². The molecule has 2 atom stereocenters. The number of rotatable bonds is 3. The van der Waals surface area contributed by atoms with Crippen LogP contribution in [0.25, 0.3) is 0 Å². The molecule has 5 nitrogen and oxygen atoms in total. The molecule has 7 heteroatoms. The van der Waals surface area contributed by atoms with Gasteiger partial charge in [0, 0.05) is 30.6 Å². The number of hydrogen-bond donors (Lipinski definition) is 0. The molecular weight excluding hydrogens is 392 g/mol. The number of ether oxygens (including phenoxy) is 1. The quantitative estimate of drug-likeness (QED) is 0.561. The smallest absolute Gasteiger partial charge is 0.316 e. The van der Waals surface area contributed by atoms with Crippen molar-refractivity contribution in [3.8, 4) is 5.75 Å². The van der Waals surface area contributed by atoms with Crippen LogP contribution in [0.4, 0.5) is 8.78 Å². The van der Waals surface area contributed by atoms with Crippen LogP contribution in [0.2, 0.25) is 0 Å². The molecule has 2 aromatic carbocycles. The minimum Gasteiger partial charge on any atom is -0.425 e. The van der Waals surface area contributed by atoms with Crippen LogP contribution in [0, 0.1) is 17.6 Å². The predicted octanol–water partition coefficient (Wildman–Crippen LogP) is 4.11. The number of ketones is 1. The maximum atomic E-state index is 14.2. The van der Waals surface area contributed by atoms with Gasteiger partial charge in [0.05, 0.1) is 11.5 Å². The molecule has 0 spiro atoms. The zero-order chi connectivity index (χ0) is 21.4. The lowest BCUT2D eigenvalue weighted by Gasteiger charge is -2.31. The minimum atomic E-state index is -0.558. The number of Topliss-reactive ketones (excluding diaryl/α,β-unsaturated/α-hetero) is 1. The Morgan fingerprint density at radius 2 is 1.83 bits per heavy atom. The van der Waals surface area contributed by atoms with Crippen LogP contribution in [0.1, 0.15) is 58.4 Å². The highest BCUT2D eigenvalue weighted by atomic mass is 19.1. The highest BCUT2D eigenvalue weighted by Crippen LogP contribution is 2.40. The summed E-state index contributed by atoms with van der Waals surface area (Å²) in [6, 6.07) is 7.78. The Bertz CT molecular complexity index is 1020. The van der Waals surface area contributed by atoms with E-state index in [0.717, 1.165) is 0 Å². The van der Waals surface area contributed by atoms with Gasteiger partial charge in [0.1, 0.15) is 17.4 Å². The monoisotopic (exact) mass is 413 g/mol. The predicted molar refractivity (Wildman–Crippen MR) is 104 cm³/mol. The summed E-state index contributed by atoms with van der Waals surface area (Å²) in [5, 5.41) is 0. The lowest BCUT2D eigenvalue weighted by molar-refractivity contribution is -0.140. The Hall–Kier alpha value is -3.09. The Balaban J connectivity index is 1.49. The summed E-state index contributed by atoms with van der Waals surface area (Å²) >= 11 is 0. The zero-order valence-electron chi connectivity index (χ0n) is 16.5. The number of benzene rings is 2. The summed E-state index contributed by atoms with van der Waals surface area (Å²) in [6.45, 7) is 2.42. The van der Waals surface area contributed by atoms with E-state index in [1.54, 1.807) is 11.8 Å². The maximum Gasteiger partial charge on any atom is 0.316 e. The number of carbonyl (C=O) groups is 3. The van der Waals surface area contributed by atoms with Gasteiger partial charge in [-0.2, -0.15) is 0 Å². The molecule has 30 heavy (non-hydrogen) atoms. The molecule has 1 amide bonds. The van der Waals surface area contributed by atoms with Crippen LogP contribution in [0.5, 0.6) is 5.75 Å². The third-order valence-corrected chi connectivity index (χ3v) is 5.76. The first-order valence-corrected chi connectivity index (χ1v) is 9.97. The number of amides is 1. The molecule has 1 heterocycles. The molecule has 156 valence electrons. The first kappa shape index (κ1) is 20.2. The van der Waals surface area contributed by atoms with Crippen molar-refractivity contribution in [2.75, 3.05) is 13.1 Å². The van der Waals surface area contributed by atoms with Crippen molar-refractivity contribution in [1.82, 2.24) is 4.90 Å². The molecule has 1 aliphatic carbocycles. The van der Waals surface area contributed by atoms with Crippen molar-refractivity contribution in [2.24, 2.45) is 5.92 Å². The molecule has 0 saturated carbocycles. The van der Waals surface area contributed by atoms with E-state index in [1.165, 1.54) is 36.4 Å². The fourth-order valence-corrected chi connectivity index (χ4v) is 4.23. The summed E-state index contributed by atoms with van der Waals surface area (Å²) in [5.41, 5.74) is 0.786. The zero-order valence-corrected chi connectivity index (χ0v) is 16.5. The highest BCUT2D eigenvalue weighted by molar-refractivity contribution is 6.04. The number of likely N-dealkylation sites (tertiary alicyclic amines) is 1. The van der Waals surface area contributed by atoms with Crippen LogP contribution in [0.15, 0.2) is 36.4 Å². The van der Waals surface area contributed by atoms with Crippen molar-refractivity contribution >= 4 is 17.7 Å². The molecular formula is C23H21F2NO4. The summed E-state index contributed by atoms with van der Waals surface area (Å²) < 4.78 is 32.8. The number of esters is 1. The van der Waals surface area contributed by atoms with E-state index in [9.17, 15) is 23.2 Å². The van der Waals surface area contributed by atoms with E-state index in [1.807, 2.05) is 0 Å². The van der Waals surface area contributed by atoms with Gasteiger partial charge >= 0.3 is 5.97 Å². The van der Waals surface area contributed by atoms with Crippen molar-refractivity contribution in [3.05, 3.63) is 64.7 Å². The molecule has 1 aliphatic heterocycles. The fraction of sp³-hybridized carbons (Fsp3) is 0.348. The number of fused-ring (bicyclic) bond motifs is 1. The summed E-state index contributed by atoms with van der Waals surface area (Å²) in [6.07, 6.45) is 1.34. The first-order chi connectivity index (χ1) is 14.3. The molecule has 0 aromatic heterocycles. The molecule has 0 radical (unpaired) electrons. The highest BCUT2D eigenvalue weighted by Gasteiger charge is 2.35. The van der Waals surface area contributed by atoms with E-state index in [0.29, 0.717) is 30.5 Å². The topological polar surface area (TPSA) is 63.7 Å². The SMILES string of the molecule is CC1CC(=O)c2c(OC(=O)C3CCCN(C(=O)c4ccc(F)cc4)C3)ccc(F)c21. The molecule has 2 unspecified atom stereocenters. The van der Waals surface area contributed by atoms with Crippen LogP contribution < -0.4 is 4.74 Å². The van der Waals surface area contributed by atoms with Gasteiger partial charge in [0.2, 0.25) is 0 Å². The van der Waals surface area contributed by atoms with Gasteiger partial charge in [-0.3, -0.25) is 14.4 Å². The summed E-state index contributed by atoms with van der Waals surface area (Å²) in [5.74, 6) is -2.71. The van der Waals surface area contributed by atoms with Crippen molar-refractivity contribution in [2.45, 2.75) is 32.1 Å². The van der Waals surface area contributed by atoms with Crippen molar-refractivity contribution < 1.29 is 27.9 Å². The van der Waals surface area contributed by atoms with Crippen LogP contribution in [-0.2, 0) is 4.79 Å². The second kappa shape index (κ2) is 7.97. The lowest BCUT2D eigenvalue weighted by Crippen LogP contribution is -2.43. The van der Waals surface area contributed by atoms with Crippen molar-refractivity contribution in [1.29, 1.82) is 0 Å². The number of nitrogens with zero attached hydrogens (tertiary/aromatic N) is 1. The normalized spacial score (nSPS) is 20.8. The Kier molecular flexibility index (Phi) is 5.37.